The van der Waals surface area contributed by atoms with E-state index < -0.39 is 16.2 Å². The first-order valence-electron chi connectivity index (χ1n) is 13.1. The monoisotopic (exact) mass is 541 g/mol. The largest absolute Gasteiger partial charge is 0.449 e. The molecule has 39 heavy (non-hydrogen) atoms. The van der Waals surface area contributed by atoms with Crippen LogP contribution in [0.25, 0.3) is 11.1 Å². The Morgan fingerprint density at radius 3 is 2.03 bits per heavy atom. The standard InChI is InChI=1S/C32H31NO5S/c1-3-24(20-23-14-16-25(17-15-23)38-39(35,36)26-18-12-22(2)13-19-26)33-32(34)37-21-31-29-10-6-4-8-27(29)28-9-5-7-11-30(28)31/h4-19,24,31H,3,20-21H2,1-2H3,(H,33,34). The molecular formula is C32H31NO5S. The average Bonchev–Trinajstić information content (AvgIpc) is 3.26. The molecule has 0 aliphatic heterocycles. The van der Waals surface area contributed by atoms with Gasteiger partial charge in [-0.2, -0.15) is 8.42 Å². The van der Waals surface area contributed by atoms with Crippen LogP contribution in [-0.2, 0) is 21.3 Å². The molecule has 6 nitrogen and oxygen atoms in total. The topological polar surface area (TPSA) is 81.7 Å². The highest BCUT2D eigenvalue weighted by Gasteiger charge is 2.29. The number of hydrogen-bond acceptors (Lipinski definition) is 5. The molecular weight excluding hydrogens is 510 g/mol. The molecule has 0 heterocycles. The average molecular weight is 542 g/mol. The second-order valence-corrected chi connectivity index (χ2v) is 11.3. The molecule has 5 rings (SSSR count). The minimum Gasteiger partial charge on any atom is -0.449 e. The molecule has 0 radical (unpaired) electrons. The lowest BCUT2D eigenvalue weighted by Gasteiger charge is -2.19. The van der Waals surface area contributed by atoms with Crippen LogP contribution in [-0.4, -0.2) is 27.2 Å². The Labute approximate surface area is 229 Å². The molecule has 4 aromatic carbocycles. The van der Waals surface area contributed by atoms with E-state index in [-0.39, 0.29) is 29.2 Å². The third-order valence-corrected chi connectivity index (χ3v) is 8.34. The summed E-state index contributed by atoms with van der Waals surface area (Å²) in [5.41, 5.74) is 6.63. The van der Waals surface area contributed by atoms with Gasteiger partial charge >= 0.3 is 16.2 Å². The van der Waals surface area contributed by atoms with Crippen LogP contribution in [0.5, 0.6) is 5.75 Å². The second-order valence-electron chi connectivity index (χ2n) is 9.77. The molecule has 0 spiro atoms. The molecule has 1 amide bonds. The van der Waals surface area contributed by atoms with Gasteiger partial charge in [0.1, 0.15) is 17.3 Å². The number of amides is 1. The number of alkyl carbamates (subject to hydrolysis) is 1. The van der Waals surface area contributed by atoms with Crippen molar-refractivity contribution < 1.29 is 22.1 Å². The van der Waals surface area contributed by atoms with E-state index in [2.05, 4.69) is 29.6 Å². The lowest BCUT2D eigenvalue weighted by molar-refractivity contribution is 0.138. The maximum absolute atomic E-state index is 12.7. The van der Waals surface area contributed by atoms with Crippen LogP contribution < -0.4 is 9.50 Å². The maximum Gasteiger partial charge on any atom is 0.407 e. The van der Waals surface area contributed by atoms with Gasteiger partial charge in [-0.3, -0.25) is 0 Å². The number of benzene rings is 4. The van der Waals surface area contributed by atoms with Crippen molar-refractivity contribution in [1.29, 1.82) is 0 Å². The molecule has 1 N–H and O–H groups in total. The SMILES string of the molecule is CCC(Cc1ccc(OS(=O)(=O)c2ccc(C)cc2)cc1)NC(=O)OCC1c2ccccc2-c2ccccc21. The first-order chi connectivity index (χ1) is 18.8. The van der Waals surface area contributed by atoms with Crippen LogP contribution in [0.3, 0.4) is 0 Å². The van der Waals surface area contributed by atoms with Crippen molar-refractivity contribution in [2.24, 2.45) is 0 Å². The normalized spacial score (nSPS) is 13.3. The number of ether oxygens (including phenoxy) is 1. The number of fused-ring (bicyclic) bond motifs is 3. The quantitative estimate of drug-likeness (QED) is 0.241. The van der Waals surface area contributed by atoms with Gasteiger partial charge < -0.3 is 14.2 Å². The molecule has 0 bridgehead atoms. The third-order valence-electron chi connectivity index (χ3n) is 7.08. The van der Waals surface area contributed by atoms with Gasteiger partial charge in [-0.15, -0.1) is 0 Å². The Morgan fingerprint density at radius 1 is 0.846 bits per heavy atom. The Balaban J connectivity index is 1.17. The molecule has 1 atom stereocenters. The zero-order valence-electron chi connectivity index (χ0n) is 22.0. The predicted molar refractivity (Wildman–Crippen MR) is 151 cm³/mol. The van der Waals surface area contributed by atoms with Gasteiger partial charge in [-0.05, 0) is 71.8 Å². The lowest BCUT2D eigenvalue weighted by Crippen LogP contribution is -2.37. The van der Waals surface area contributed by atoms with Gasteiger partial charge in [0, 0.05) is 12.0 Å². The Hall–Kier alpha value is -4.10. The summed E-state index contributed by atoms with van der Waals surface area (Å²) in [5, 5.41) is 2.98. The molecule has 1 aliphatic rings. The fraction of sp³-hybridized carbons (Fsp3) is 0.219. The van der Waals surface area contributed by atoms with Crippen molar-refractivity contribution in [3.63, 3.8) is 0 Å². The van der Waals surface area contributed by atoms with Crippen LogP contribution in [0.2, 0.25) is 0 Å². The van der Waals surface area contributed by atoms with E-state index in [0.717, 1.165) is 11.1 Å². The van der Waals surface area contributed by atoms with E-state index in [0.29, 0.717) is 12.8 Å². The van der Waals surface area contributed by atoms with Gasteiger partial charge in [0.15, 0.2) is 0 Å². The van der Waals surface area contributed by atoms with E-state index >= 15 is 0 Å². The van der Waals surface area contributed by atoms with Gasteiger partial charge in [-0.1, -0.05) is 85.3 Å². The molecule has 0 saturated heterocycles. The number of nitrogens with one attached hydrogen (secondary N) is 1. The molecule has 4 aromatic rings. The van der Waals surface area contributed by atoms with Crippen LogP contribution in [0.4, 0.5) is 4.79 Å². The van der Waals surface area contributed by atoms with Gasteiger partial charge in [0.25, 0.3) is 0 Å². The predicted octanol–water partition coefficient (Wildman–Crippen LogP) is 6.62. The van der Waals surface area contributed by atoms with Crippen molar-refractivity contribution in [1.82, 2.24) is 5.32 Å². The van der Waals surface area contributed by atoms with E-state index in [1.165, 1.54) is 34.4 Å². The highest BCUT2D eigenvalue weighted by Crippen LogP contribution is 2.44. The van der Waals surface area contributed by atoms with Gasteiger partial charge in [0.2, 0.25) is 0 Å². The summed E-state index contributed by atoms with van der Waals surface area (Å²) in [6.45, 7) is 4.15. The Morgan fingerprint density at radius 2 is 1.44 bits per heavy atom. The van der Waals surface area contributed by atoms with E-state index in [4.69, 9.17) is 8.92 Å². The summed E-state index contributed by atoms with van der Waals surface area (Å²) >= 11 is 0. The Bertz CT molecular complexity index is 1520. The molecule has 0 aromatic heterocycles. The first kappa shape index (κ1) is 26.5. The fourth-order valence-electron chi connectivity index (χ4n) is 4.95. The van der Waals surface area contributed by atoms with E-state index in [1.54, 1.807) is 24.3 Å². The van der Waals surface area contributed by atoms with E-state index in [1.807, 2.05) is 50.2 Å². The number of rotatable bonds is 9. The van der Waals surface area contributed by atoms with Crippen molar-refractivity contribution in [3.8, 4) is 16.9 Å². The summed E-state index contributed by atoms with van der Waals surface area (Å²) in [6, 6.07) is 29.7. The molecule has 7 heteroatoms. The van der Waals surface area contributed by atoms with Crippen molar-refractivity contribution in [3.05, 3.63) is 119 Å². The number of hydrogen-bond donors (Lipinski definition) is 1. The molecule has 1 unspecified atom stereocenters. The summed E-state index contributed by atoms with van der Waals surface area (Å²) in [4.78, 5) is 12.8. The third kappa shape index (κ3) is 5.99. The number of carbonyl (C=O) groups is 1. The summed E-state index contributed by atoms with van der Waals surface area (Å²) in [5.74, 6) is 0.240. The van der Waals surface area contributed by atoms with Crippen LogP contribution in [0, 0.1) is 6.92 Å². The summed E-state index contributed by atoms with van der Waals surface area (Å²) in [7, 11) is -3.91. The maximum atomic E-state index is 12.7. The zero-order chi connectivity index (χ0) is 27.4. The number of carbonyl (C=O) groups excluding carboxylic acids is 1. The smallest absolute Gasteiger partial charge is 0.407 e. The molecule has 0 saturated carbocycles. The molecule has 1 aliphatic carbocycles. The van der Waals surface area contributed by atoms with Crippen LogP contribution in [0.15, 0.2) is 102 Å². The minimum absolute atomic E-state index is 0.00644. The number of aryl methyl sites for hydroxylation is 1. The lowest BCUT2D eigenvalue weighted by atomic mass is 9.98. The van der Waals surface area contributed by atoms with Gasteiger partial charge in [0.05, 0.1) is 0 Å². The highest BCUT2D eigenvalue weighted by atomic mass is 32.2. The van der Waals surface area contributed by atoms with Crippen molar-refractivity contribution in [2.45, 2.75) is 43.5 Å². The zero-order valence-corrected chi connectivity index (χ0v) is 22.8. The fourth-order valence-corrected chi connectivity index (χ4v) is 5.88. The second kappa shape index (κ2) is 11.3. The summed E-state index contributed by atoms with van der Waals surface area (Å²) < 4.78 is 36.1. The highest BCUT2D eigenvalue weighted by molar-refractivity contribution is 7.87. The Kier molecular flexibility index (Phi) is 7.70. The summed E-state index contributed by atoms with van der Waals surface area (Å²) in [6.07, 6.45) is 0.837. The molecule has 200 valence electrons. The van der Waals surface area contributed by atoms with Crippen LogP contribution in [0.1, 0.15) is 41.5 Å². The first-order valence-corrected chi connectivity index (χ1v) is 14.5. The molecule has 0 fully saturated rings. The minimum atomic E-state index is -3.91. The van der Waals surface area contributed by atoms with Crippen molar-refractivity contribution >= 4 is 16.2 Å². The van der Waals surface area contributed by atoms with E-state index in [9.17, 15) is 13.2 Å². The van der Waals surface area contributed by atoms with Crippen LogP contribution >= 0.6 is 0 Å². The van der Waals surface area contributed by atoms with Crippen molar-refractivity contribution in [2.75, 3.05) is 6.61 Å². The van der Waals surface area contributed by atoms with Gasteiger partial charge in [-0.25, -0.2) is 4.79 Å².